The third kappa shape index (κ3) is 4.51. The van der Waals surface area contributed by atoms with Crippen LogP contribution in [0.2, 0.25) is 0 Å². The molecule has 5 nitrogen and oxygen atoms in total. The maximum absolute atomic E-state index is 9.28. The van der Waals surface area contributed by atoms with Gasteiger partial charge in [-0.1, -0.05) is 30.3 Å². The quantitative estimate of drug-likeness (QED) is 0.819. The lowest BCUT2D eigenvalue weighted by Crippen LogP contribution is -2.23. The minimum Gasteiger partial charge on any atom is -0.396 e. The summed E-state index contributed by atoms with van der Waals surface area (Å²) in [5.41, 5.74) is 3.08. The molecule has 1 heterocycles. The van der Waals surface area contributed by atoms with E-state index in [2.05, 4.69) is 27.4 Å². The Morgan fingerprint density at radius 1 is 1.18 bits per heavy atom. The smallest absolute Gasteiger partial charge is 0.225 e. The Hall–Kier alpha value is -1.98. The number of aromatic nitrogens is 2. The van der Waals surface area contributed by atoms with E-state index in [1.165, 1.54) is 5.56 Å². The monoisotopic (exact) mass is 300 g/mol. The summed E-state index contributed by atoms with van der Waals surface area (Å²) in [6.45, 7) is 2.77. The highest BCUT2D eigenvalue weighted by Crippen LogP contribution is 2.17. The van der Waals surface area contributed by atoms with E-state index < -0.39 is 0 Å². The topological polar surface area (TPSA) is 61.3 Å². The van der Waals surface area contributed by atoms with Crippen LogP contribution >= 0.6 is 0 Å². The van der Waals surface area contributed by atoms with Gasteiger partial charge in [-0.25, -0.2) is 9.97 Å². The molecule has 1 aromatic heterocycles. The number of hydrogen-bond acceptors (Lipinski definition) is 5. The average Bonchev–Trinajstić information content (AvgIpc) is 2.51. The molecule has 22 heavy (non-hydrogen) atoms. The van der Waals surface area contributed by atoms with Gasteiger partial charge in [-0.2, -0.15) is 0 Å². The predicted octanol–water partition coefficient (Wildman–Crippen LogP) is 2.06. The van der Waals surface area contributed by atoms with Gasteiger partial charge in [0.1, 0.15) is 0 Å². The highest BCUT2D eigenvalue weighted by molar-refractivity contribution is 5.30. The first-order chi connectivity index (χ1) is 10.6. The molecule has 2 aromatic rings. The summed E-state index contributed by atoms with van der Waals surface area (Å²) in [4.78, 5) is 10.9. The van der Waals surface area contributed by atoms with Crippen molar-refractivity contribution in [3.63, 3.8) is 0 Å². The summed E-state index contributed by atoms with van der Waals surface area (Å²) >= 11 is 0. The molecule has 0 radical (unpaired) electrons. The van der Waals surface area contributed by atoms with Crippen molar-refractivity contribution in [3.8, 4) is 0 Å². The SMILES string of the molecule is Cc1cc(CN[C@H](CCO)c2ccccc2)nc(N(C)C)n1. The van der Waals surface area contributed by atoms with E-state index in [4.69, 9.17) is 0 Å². The van der Waals surface area contributed by atoms with Crippen LogP contribution in [0.5, 0.6) is 0 Å². The summed E-state index contributed by atoms with van der Waals surface area (Å²) in [7, 11) is 3.87. The number of aliphatic hydroxyl groups is 1. The van der Waals surface area contributed by atoms with Gasteiger partial charge in [0.2, 0.25) is 5.95 Å². The van der Waals surface area contributed by atoms with Gasteiger partial charge < -0.3 is 15.3 Å². The number of rotatable bonds is 7. The molecule has 1 atom stereocenters. The highest BCUT2D eigenvalue weighted by atomic mass is 16.3. The molecular weight excluding hydrogens is 276 g/mol. The number of nitrogens with zero attached hydrogens (tertiary/aromatic N) is 3. The number of anilines is 1. The standard InChI is InChI=1S/C17H24N4O/c1-13-11-15(20-17(19-13)21(2)3)12-18-16(9-10-22)14-7-5-4-6-8-14/h4-8,11,16,18,22H,9-10,12H2,1-3H3/t16-/m1/s1. The fourth-order valence-electron chi connectivity index (χ4n) is 2.34. The molecule has 0 aliphatic heterocycles. The Morgan fingerprint density at radius 2 is 1.91 bits per heavy atom. The maximum Gasteiger partial charge on any atom is 0.225 e. The molecular formula is C17H24N4O. The number of aryl methyl sites for hydroxylation is 1. The molecule has 0 saturated heterocycles. The number of benzene rings is 1. The summed E-state index contributed by atoms with van der Waals surface area (Å²) < 4.78 is 0. The predicted molar refractivity (Wildman–Crippen MR) is 88.8 cm³/mol. The molecule has 0 amide bonds. The summed E-state index contributed by atoms with van der Waals surface area (Å²) in [6, 6.07) is 12.3. The molecule has 0 unspecified atom stereocenters. The largest absolute Gasteiger partial charge is 0.396 e. The van der Waals surface area contributed by atoms with Crippen LogP contribution in [-0.4, -0.2) is 35.8 Å². The van der Waals surface area contributed by atoms with Crippen molar-refractivity contribution in [3.05, 3.63) is 53.3 Å². The third-order valence-corrected chi connectivity index (χ3v) is 3.44. The summed E-state index contributed by atoms with van der Waals surface area (Å²) in [6.07, 6.45) is 0.675. The lowest BCUT2D eigenvalue weighted by Gasteiger charge is -2.19. The van der Waals surface area contributed by atoms with Crippen molar-refractivity contribution in [2.24, 2.45) is 0 Å². The molecule has 0 aliphatic rings. The molecule has 1 aromatic carbocycles. The van der Waals surface area contributed by atoms with Crippen LogP contribution in [0.15, 0.2) is 36.4 Å². The number of aliphatic hydroxyl groups excluding tert-OH is 1. The normalized spacial score (nSPS) is 12.2. The molecule has 0 saturated carbocycles. The second kappa shape index (κ2) is 7.87. The van der Waals surface area contributed by atoms with Crippen LogP contribution in [0.3, 0.4) is 0 Å². The molecule has 5 heteroatoms. The fraction of sp³-hybridized carbons (Fsp3) is 0.412. The Balaban J connectivity index is 2.09. The lowest BCUT2D eigenvalue weighted by atomic mass is 10.0. The Bertz CT molecular complexity index is 586. The number of hydrogen-bond donors (Lipinski definition) is 2. The van der Waals surface area contributed by atoms with E-state index in [9.17, 15) is 5.11 Å². The van der Waals surface area contributed by atoms with Crippen LogP contribution in [0.4, 0.5) is 5.95 Å². The zero-order valence-electron chi connectivity index (χ0n) is 13.5. The molecule has 0 fully saturated rings. The van der Waals surface area contributed by atoms with E-state index in [1.807, 2.05) is 50.2 Å². The Morgan fingerprint density at radius 3 is 2.55 bits per heavy atom. The van der Waals surface area contributed by atoms with Gasteiger partial charge in [0.25, 0.3) is 0 Å². The van der Waals surface area contributed by atoms with Gasteiger partial charge in [0.15, 0.2) is 0 Å². The zero-order valence-corrected chi connectivity index (χ0v) is 13.5. The van der Waals surface area contributed by atoms with Crippen LogP contribution in [0.25, 0.3) is 0 Å². The molecule has 2 N–H and O–H groups in total. The zero-order chi connectivity index (χ0) is 15.9. The van der Waals surface area contributed by atoms with E-state index >= 15 is 0 Å². The van der Waals surface area contributed by atoms with Crippen LogP contribution in [0.1, 0.15) is 29.4 Å². The van der Waals surface area contributed by atoms with Crippen molar-refractivity contribution in [1.82, 2.24) is 15.3 Å². The van der Waals surface area contributed by atoms with Gasteiger partial charge in [0, 0.05) is 39.0 Å². The Kier molecular flexibility index (Phi) is 5.86. The molecule has 2 rings (SSSR count). The fourth-order valence-corrected chi connectivity index (χ4v) is 2.34. The van der Waals surface area contributed by atoms with Crippen LogP contribution < -0.4 is 10.2 Å². The van der Waals surface area contributed by atoms with E-state index in [1.54, 1.807) is 0 Å². The molecule has 0 bridgehead atoms. The van der Waals surface area contributed by atoms with Crippen molar-refractivity contribution < 1.29 is 5.11 Å². The minimum absolute atomic E-state index is 0.115. The second-order valence-electron chi connectivity index (χ2n) is 5.55. The van der Waals surface area contributed by atoms with Gasteiger partial charge in [0.05, 0.1) is 5.69 Å². The third-order valence-electron chi connectivity index (χ3n) is 3.44. The van der Waals surface area contributed by atoms with Gasteiger partial charge in [-0.15, -0.1) is 0 Å². The van der Waals surface area contributed by atoms with Crippen LogP contribution in [0, 0.1) is 6.92 Å². The first-order valence-electron chi connectivity index (χ1n) is 7.51. The molecule has 0 aliphatic carbocycles. The van der Waals surface area contributed by atoms with Crippen molar-refractivity contribution >= 4 is 5.95 Å². The van der Waals surface area contributed by atoms with Crippen molar-refractivity contribution in [2.75, 3.05) is 25.6 Å². The van der Waals surface area contributed by atoms with Crippen LogP contribution in [-0.2, 0) is 6.54 Å². The second-order valence-corrected chi connectivity index (χ2v) is 5.55. The number of nitrogens with one attached hydrogen (secondary N) is 1. The highest BCUT2D eigenvalue weighted by Gasteiger charge is 2.11. The summed E-state index contributed by atoms with van der Waals surface area (Å²) in [5.74, 6) is 0.718. The van der Waals surface area contributed by atoms with E-state index in [0.29, 0.717) is 13.0 Å². The maximum atomic E-state index is 9.28. The lowest BCUT2D eigenvalue weighted by molar-refractivity contribution is 0.265. The minimum atomic E-state index is 0.115. The first kappa shape index (κ1) is 16.4. The van der Waals surface area contributed by atoms with E-state index in [-0.39, 0.29) is 12.6 Å². The Labute approximate surface area is 132 Å². The summed E-state index contributed by atoms with van der Waals surface area (Å²) in [5, 5.41) is 12.8. The van der Waals surface area contributed by atoms with E-state index in [0.717, 1.165) is 17.3 Å². The molecule has 0 spiro atoms. The van der Waals surface area contributed by atoms with Gasteiger partial charge in [-0.3, -0.25) is 0 Å². The van der Waals surface area contributed by atoms with Gasteiger partial charge in [-0.05, 0) is 25.0 Å². The van der Waals surface area contributed by atoms with Crippen molar-refractivity contribution in [2.45, 2.75) is 25.9 Å². The van der Waals surface area contributed by atoms with Crippen molar-refractivity contribution in [1.29, 1.82) is 0 Å². The molecule has 118 valence electrons. The average molecular weight is 300 g/mol. The van der Waals surface area contributed by atoms with Gasteiger partial charge >= 0.3 is 0 Å². The first-order valence-corrected chi connectivity index (χ1v) is 7.51.